The van der Waals surface area contributed by atoms with Crippen molar-refractivity contribution in [3.05, 3.63) is 16.5 Å². The van der Waals surface area contributed by atoms with Crippen LogP contribution in [0.15, 0.2) is 20.0 Å². The summed E-state index contributed by atoms with van der Waals surface area (Å²) in [7, 11) is 0.0540. The number of carboxylic acid groups (broad SMARTS) is 1. The van der Waals surface area contributed by atoms with Gasteiger partial charge in [0, 0.05) is 25.2 Å². The molecule has 0 saturated carbocycles. The van der Waals surface area contributed by atoms with Gasteiger partial charge in [0.1, 0.15) is 4.90 Å². The zero-order chi connectivity index (χ0) is 15.1. The number of carboxylic acids is 1. The topological polar surface area (TPSA) is 91.1 Å². The van der Waals surface area contributed by atoms with E-state index in [1.165, 1.54) is 4.31 Å². The van der Waals surface area contributed by atoms with Gasteiger partial charge >= 0.3 is 5.97 Å². The highest BCUT2D eigenvalue weighted by Crippen LogP contribution is 2.31. The second-order valence-corrected chi connectivity index (χ2v) is 7.45. The molecule has 1 aliphatic heterocycles. The fraction of sp³-hybridized carbons (Fsp3) is 0.545. The van der Waals surface area contributed by atoms with E-state index in [1.807, 2.05) is 19.0 Å². The number of furan rings is 1. The minimum atomic E-state index is -3.75. The average molecular weight is 367 g/mol. The summed E-state index contributed by atoms with van der Waals surface area (Å²) in [6.07, 6.45) is 0.744. The summed E-state index contributed by atoms with van der Waals surface area (Å²) in [5.74, 6) is -1.71. The molecule has 0 spiro atoms. The first-order valence-electron chi connectivity index (χ1n) is 5.92. The van der Waals surface area contributed by atoms with Crippen molar-refractivity contribution in [3.63, 3.8) is 0 Å². The molecular formula is C11H15BrN2O5S. The van der Waals surface area contributed by atoms with Crippen molar-refractivity contribution in [1.82, 2.24) is 9.21 Å². The molecule has 1 fully saturated rings. The Morgan fingerprint density at radius 2 is 2.20 bits per heavy atom. The van der Waals surface area contributed by atoms with Crippen molar-refractivity contribution in [2.45, 2.75) is 17.4 Å². The summed E-state index contributed by atoms with van der Waals surface area (Å²) in [4.78, 5) is 12.7. The van der Waals surface area contributed by atoms with Gasteiger partial charge in [-0.2, -0.15) is 4.31 Å². The third-order valence-electron chi connectivity index (χ3n) is 3.34. The molecule has 9 heteroatoms. The van der Waals surface area contributed by atoms with Crippen LogP contribution in [0.25, 0.3) is 0 Å². The lowest BCUT2D eigenvalue weighted by Gasteiger charge is -2.19. The number of nitrogens with zero attached hydrogens (tertiary/aromatic N) is 2. The van der Waals surface area contributed by atoms with Gasteiger partial charge in [0.2, 0.25) is 15.8 Å². The summed E-state index contributed by atoms with van der Waals surface area (Å²) in [5.41, 5.74) is 0. The van der Waals surface area contributed by atoms with Crippen LogP contribution >= 0.6 is 15.9 Å². The maximum absolute atomic E-state index is 12.5. The van der Waals surface area contributed by atoms with Gasteiger partial charge in [-0.05, 0) is 36.4 Å². The molecule has 1 aromatic heterocycles. The lowest BCUT2D eigenvalue weighted by molar-refractivity contribution is 0.0661. The molecule has 1 atom stereocenters. The summed E-state index contributed by atoms with van der Waals surface area (Å²) in [6, 6.07) is 1.19. The Morgan fingerprint density at radius 3 is 2.65 bits per heavy atom. The van der Waals surface area contributed by atoms with E-state index in [-0.39, 0.29) is 15.6 Å². The van der Waals surface area contributed by atoms with Crippen molar-refractivity contribution in [3.8, 4) is 0 Å². The van der Waals surface area contributed by atoms with E-state index in [2.05, 4.69) is 15.9 Å². The first-order chi connectivity index (χ1) is 9.23. The summed E-state index contributed by atoms with van der Waals surface area (Å²) in [6.45, 7) is 0.792. The van der Waals surface area contributed by atoms with E-state index in [9.17, 15) is 13.2 Å². The normalized spacial score (nSPS) is 20.7. The number of rotatable bonds is 4. The maximum atomic E-state index is 12.5. The van der Waals surface area contributed by atoms with Crippen molar-refractivity contribution < 1.29 is 22.7 Å². The summed E-state index contributed by atoms with van der Waals surface area (Å²) >= 11 is 2.97. The third-order valence-corrected chi connectivity index (χ3v) is 6.06. The fourth-order valence-corrected chi connectivity index (χ4v) is 4.52. The molecule has 1 unspecified atom stereocenters. The van der Waals surface area contributed by atoms with E-state index in [0.29, 0.717) is 13.1 Å². The number of hydrogen-bond donors (Lipinski definition) is 1. The number of likely N-dealkylation sites (N-methyl/N-ethyl adjacent to an activating group) is 1. The Morgan fingerprint density at radius 1 is 1.55 bits per heavy atom. The van der Waals surface area contributed by atoms with Gasteiger partial charge in [-0.3, -0.25) is 0 Å². The minimum absolute atomic E-state index is 0.0804. The Bertz CT molecular complexity index is 625. The van der Waals surface area contributed by atoms with Gasteiger partial charge in [0.15, 0.2) is 4.67 Å². The molecule has 1 saturated heterocycles. The first kappa shape index (κ1) is 15.5. The Kier molecular flexibility index (Phi) is 4.24. The smallest absolute Gasteiger partial charge is 0.371 e. The quantitative estimate of drug-likeness (QED) is 0.856. The molecule has 0 aromatic carbocycles. The second-order valence-electron chi connectivity index (χ2n) is 4.82. The second kappa shape index (κ2) is 5.47. The summed E-state index contributed by atoms with van der Waals surface area (Å²) < 4.78 is 31.1. The Labute approximate surface area is 125 Å². The van der Waals surface area contributed by atoms with Gasteiger partial charge < -0.3 is 14.4 Å². The van der Waals surface area contributed by atoms with E-state index in [1.54, 1.807) is 0 Å². The van der Waals surface area contributed by atoms with Crippen LogP contribution in [0.5, 0.6) is 0 Å². The van der Waals surface area contributed by atoms with Gasteiger partial charge in [-0.15, -0.1) is 0 Å². The lowest BCUT2D eigenvalue weighted by atomic mass is 10.2. The van der Waals surface area contributed by atoms with Crippen molar-refractivity contribution in [1.29, 1.82) is 0 Å². The molecule has 2 heterocycles. The van der Waals surface area contributed by atoms with Crippen molar-refractivity contribution in [2.75, 3.05) is 27.2 Å². The lowest BCUT2D eigenvalue weighted by Crippen LogP contribution is -2.34. The van der Waals surface area contributed by atoms with E-state index in [0.717, 1.165) is 12.5 Å². The highest BCUT2D eigenvalue weighted by molar-refractivity contribution is 9.10. The maximum Gasteiger partial charge on any atom is 0.371 e. The molecule has 7 nitrogen and oxygen atoms in total. The molecule has 0 aliphatic carbocycles. The van der Waals surface area contributed by atoms with E-state index >= 15 is 0 Å². The van der Waals surface area contributed by atoms with Gasteiger partial charge in [0.05, 0.1) is 0 Å². The van der Waals surface area contributed by atoms with E-state index in [4.69, 9.17) is 9.52 Å². The SMILES string of the molecule is CN(C)C1CCN(S(=O)(=O)c2cc(C(=O)O)oc2Br)C1. The van der Waals surface area contributed by atoms with Crippen LogP contribution in [0.2, 0.25) is 0 Å². The van der Waals surface area contributed by atoms with Crippen LogP contribution < -0.4 is 0 Å². The van der Waals surface area contributed by atoms with Crippen LogP contribution in [0.1, 0.15) is 17.0 Å². The van der Waals surface area contributed by atoms with Crippen molar-refractivity contribution >= 4 is 31.9 Å². The Balaban J connectivity index is 2.30. The molecule has 0 bridgehead atoms. The predicted octanol–water partition coefficient (Wildman–Crippen LogP) is 1.06. The Hall–Kier alpha value is -0.900. The molecule has 1 N–H and O–H groups in total. The highest BCUT2D eigenvalue weighted by atomic mass is 79.9. The van der Waals surface area contributed by atoms with Crippen LogP contribution in [0, 0.1) is 0 Å². The molecule has 20 heavy (non-hydrogen) atoms. The standard InChI is InChI=1S/C11H15BrN2O5S/c1-13(2)7-3-4-14(6-7)20(17,18)9-5-8(11(15)16)19-10(9)12/h5,7H,3-4,6H2,1-2H3,(H,15,16). The first-order valence-corrected chi connectivity index (χ1v) is 8.16. The number of hydrogen-bond acceptors (Lipinski definition) is 5. The number of sulfonamides is 1. The number of aromatic carboxylic acids is 1. The van der Waals surface area contributed by atoms with Crippen LogP contribution in [-0.4, -0.2) is 61.9 Å². The molecule has 112 valence electrons. The van der Waals surface area contributed by atoms with Crippen molar-refractivity contribution in [2.24, 2.45) is 0 Å². The largest absolute Gasteiger partial charge is 0.475 e. The highest BCUT2D eigenvalue weighted by Gasteiger charge is 2.36. The molecule has 0 radical (unpaired) electrons. The summed E-state index contributed by atoms with van der Waals surface area (Å²) in [5, 5.41) is 8.84. The average Bonchev–Trinajstić information content (AvgIpc) is 2.94. The van der Waals surface area contributed by atoms with Gasteiger partial charge in [-0.1, -0.05) is 0 Å². The third kappa shape index (κ3) is 2.76. The molecular weight excluding hydrogens is 352 g/mol. The minimum Gasteiger partial charge on any atom is -0.475 e. The fourth-order valence-electron chi connectivity index (χ4n) is 2.12. The molecule has 1 aromatic rings. The number of halogens is 1. The monoisotopic (exact) mass is 366 g/mol. The zero-order valence-corrected chi connectivity index (χ0v) is 13.4. The van der Waals surface area contributed by atoms with E-state index < -0.39 is 21.8 Å². The number of carbonyl (C=O) groups is 1. The predicted molar refractivity (Wildman–Crippen MR) is 74.2 cm³/mol. The molecule has 1 aliphatic rings. The van der Waals surface area contributed by atoms with Gasteiger partial charge in [0.25, 0.3) is 0 Å². The zero-order valence-electron chi connectivity index (χ0n) is 11.0. The molecule has 2 rings (SSSR count). The van der Waals surface area contributed by atoms with Crippen LogP contribution in [-0.2, 0) is 10.0 Å². The van der Waals surface area contributed by atoms with Crippen LogP contribution in [0.3, 0.4) is 0 Å². The van der Waals surface area contributed by atoms with Crippen LogP contribution in [0.4, 0.5) is 0 Å². The van der Waals surface area contributed by atoms with Gasteiger partial charge in [-0.25, -0.2) is 13.2 Å². The molecule has 0 amide bonds.